The van der Waals surface area contributed by atoms with Crippen LogP contribution >= 0.6 is 11.8 Å². The smallest absolute Gasteiger partial charge is 0.378 e. The highest BCUT2D eigenvalue weighted by Crippen LogP contribution is 2.35. The molecule has 13 heteroatoms. The summed E-state index contributed by atoms with van der Waals surface area (Å²) < 4.78 is 44.5. The van der Waals surface area contributed by atoms with E-state index in [0.29, 0.717) is 32.0 Å². The first-order valence-electron chi connectivity index (χ1n) is 8.39. The lowest BCUT2D eigenvalue weighted by atomic mass is 10.1. The molecule has 1 amide bonds. The molecule has 0 aliphatic carbocycles. The standard InChI is InChI=1S/C16H16F3N5O4S/c17-16(18,19)9-1-2-11(24-3-5-28-6-4-24)10(7-9)20-12(25)8-29-14-13(26)21-15(27)23-22-14/h1-2,7H,3-6,8H2,(H,20,25)(H2,21,23,26,27). The summed E-state index contributed by atoms with van der Waals surface area (Å²) in [5.74, 6) is -0.919. The van der Waals surface area contributed by atoms with Crippen molar-refractivity contribution in [1.82, 2.24) is 15.2 Å². The summed E-state index contributed by atoms with van der Waals surface area (Å²) in [7, 11) is 0. The van der Waals surface area contributed by atoms with Crippen LogP contribution in [0.1, 0.15) is 5.56 Å². The van der Waals surface area contributed by atoms with E-state index in [9.17, 15) is 27.6 Å². The fourth-order valence-corrected chi connectivity index (χ4v) is 3.28. The van der Waals surface area contributed by atoms with Crippen molar-refractivity contribution >= 4 is 29.0 Å². The second-order valence-corrected chi connectivity index (χ2v) is 6.94. The number of H-pyrrole nitrogens is 2. The number of nitrogens with zero attached hydrogens (tertiary/aromatic N) is 2. The predicted octanol–water partition coefficient (Wildman–Crippen LogP) is 1.04. The molecular weight excluding hydrogens is 415 g/mol. The Hall–Kier alpha value is -2.80. The Morgan fingerprint density at radius 2 is 2.00 bits per heavy atom. The Kier molecular flexibility index (Phi) is 6.27. The van der Waals surface area contributed by atoms with Crippen LogP contribution in [0.15, 0.2) is 32.8 Å². The Morgan fingerprint density at radius 3 is 2.66 bits per heavy atom. The minimum Gasteiger partial charge on any atom is -0.378 e. The van der Waals surface area contributed by atoms with E-state index in [4.69, 9.17) is 4.74 Å². The average molecular weight is 431 g/mol. The monoisotopic (exact) mass is 431 g/mol. The number of thioether (sulfide) groups is 1. The van der Waals surface area contributed by atoms with Gasteiger partial charge in [-0.25, -0.2) is 9.89 Å². The molecule has 1 fully saturated rings. The van der Waals surface area contributed by atoms with Gasteiger partial charge in [0, 0.05) is 13.1 Å². The summed E-state index contributed by atoms with van der Waals surface area (Å²) in [6.45, 7) is 1.79. The molecule has 0 atom stereocenters. The van der Waals surface area contributed by atoms with Crippen LogP contribution < -0.4 is 21.5 Å². The normalized spacial score (nSPS) is 14.7. The van der Waals surface area contributed by atoms with Crippen LogP contribution in [0.25, 0.3) is 0 Å². The molecular formula is C16H16F3N5O4S. The number of rotatable bonds is 5. The van der Waals surface area contributed by atoms with Gasteiger partial charge in [0.2, 0.25) is 5.91 Å². The van der Waals surface area contributed by atoms with Gasteiger partial charge in [-0.2, -0.15) is 18.3 Å². The van der Waals surface area contributed by atoms with Gasteiger partial charge >= 0.3 is 11.9 Å². The van der Waals surface area contributed by atoms with Crippen LogP contribution in [0.5, 0.6) is 0 Å². The molecule has 1 aliphatic rings. The van der Waals surface area contributed by atoms with Gasteiger partial charge in [0.15, 0.2) is 5.03 Å². The second kappa shape index (κ2) is 8.69. The number of nitrogens with one attached hydrogen (secondary N) is 3. The minimum absolute atomic E-state index is 0.00987. The number of halogens is 3. The van der Waals surface area contributed by atoms with Crippen molar-refractivity contribution in [2.45, 2.75) is 11.2 Å². The summed E-state index contributed by atoms with van der Waals surface area (Å²) in [5.41, 5.74) is -1.99. The zero-order valence-electron chi connectivity index (χ0n) is 14.8. The number of aromatic amines is 2. The fraction of sp³-hybridized carbons (Fsp3) is 0.375. The molecule has 156 valence electrons. The van der Waals surface area contributed by atoms with Gasteiger partial charge in [-0.1, -0.05) is 11.8 Å². The van der Waals surface area contributed by atoms with Crippen LogP contribution in [0.2, 0.25) is 0 Å². The number of anilines is 2. The molecule has 1 aromatic carbocycles. The highest BCUT2D eigenvalue weighted by atomic mass is 32.2. The maximum Gasteiger partial charge on any atom is 0.416 e. The molecule has 0 saturated carbocycles. The summed E-state index contributed by atoms with van der Waals surface area (Å²) >= 11 is 0.741. The summed E-state index contributed by atoms with van der Waals surface area (Å²) in [6.07, 6.45) is -4.56. The Morgan fingerprint density at radius 1 is 1.28 bits per heavy atom. The van der Waals surface area contributed by atoms with Gasteiger partial charge in [0.1, 0.15) is 0 Å². The topological polar surface area (TPSA) is 120 Å². The first-order chi connectivity index (χ1) is 13.7. The molecule has 3 rings (SSSR count). The molecule has 2 heterocycles. The van der Waals surface area contributed by atoms with Crippen molar-refractivity contribution in [3.05, 3.63) is 44.6 Å². The quantitative estimate of drug-likeness (QED) is 0.605. The molecule has 0 spiro atoms. The third-order valence-corrected chi connectivity index (χ3v) is 4.93. The number of carbonyl (C=O) groups is 1. The number of hydrogen-bond donors (Lipinski definition) is 3. The van der Waals surface area contributed by atoms with Crippen molar-refractivity contribution < 1.29 is 22.7 Å². The molecule has 29 heavy (non-hydrogen) atoms. The first kappa shape index (κ1) is 20.9. The highest BCUT2D eigenvalue weighted by Gasteiger charge is 2.32. The number of alkyl halides is 3. The van der Waals surface area contributed by atoms with E-state index < -0.39 is 28.9 Å². The van der Waals surface area contributed by atoms with E-state index in [0.717, 1.165) is 23.9 Å². The van der Waals surface area contributed by atoms with E-state index in [1.165, 1.54) is 6.07 Å². The average Bonchev–Trinajstić information content (AvgIpc) is 2.67. The summed E-state index contributed by atoms with van der Waals surface area (Å²) in [4.78, 5) is 38.6. The number of aromatic nitrogens is 3. The van der Waals surface area contributed by atoms with Crippen LogP contribution in [0, 0.1) is 0 Å². The van der Waals surface area contributed by atoms with Crippen molar-refractivity contribution in [2.75, 3.05) is 42.3 Å². The lowest BCUT2D eigenvalue weighted by Gasteiger charge is -2.31. The lowest BCUT2D eigenvalue weighted by molar-refractivity contribution is -0.137. The lowest BCUT2D eigenvalue weighted by Crippen LogP contribution is -2.37. The van der Waals surface area contributed by atoms with Crippen molar-refractivity contribution in [1.29, 1.82) is 0 Å². The summed E-state index contributed by atoms with van der Waals surface area (Å²) in [6, 6.07) is 3.14. The predicted molar refractivity (Wildman–Crippen MR) is 99.3 cm³/mol. The van der Waals surface area contributed by atoms with Crippen molar-refractivity contribution in [3.63, 3.8) is 0 Å². The number of amides is 1. The molecule has 1 aliphatic heterocycles. The SMILES string of the molecule is O=C(CSc1n[nH]c(=O)[nH]c1=O)Nc1cc(C(F)(F)F)ccc1N1CCOCC1. The Bertz CT molecular complexity index is 1000. The number of carbonyl (C=O) groups excluding carboxylic acids is 1. The molecule has 0 radical (unpaired) electrons. The number of benzene rings is 1. The van der Waals surface area contributed by atoms with Crippen LogP contribution in [-0.4, -0.2) is 53.1 Å². The minimum atomic E-state index is -4.56. The zero-order chi connectivity index (χ0) is 21.0. The highest BCUT2D eigenvalue weighted by molar-refractivity contribution is 7.99. The van der Waals surface area contributed by atoms with Gasteiger partial charge in [0.25, 0.3) is 5.56 Å². The molecule has 1 aromatic heterocycles. The maximum absolute atomic E-state index is 13.1. The van der Waals surface area contributed by atoms with Gasteiger partial charge in [-0.05, 0) is 18.2 Å². The molecule has 2 aromatic rings. The largest absolute Gasteiger partial charge is 0.416 e. The van der Waals surface area contributed by atoms with E-state index in [-0.39, 0.29) is 16.5 Å². The fourth-order valence-electron chi connectivity index (χ4n) is 2.65. The van der Waals surface area contributed by atoms with Gasteiger partial charge in [0.05, 0.1) is 35.9 Å². The second-order valence-electron chi connectivity index (χ2n) is 5.98. The van der Waals surface area contributed by atoms with Crippen LogP contribution in [0.3, 0.4) is 0 Å². The molecule has 0 unspecified atom stereocenters. The Labute approximate surface area is 165 Å². The maximum atomic E-state index is 13.1. The van der Waals surface area contributed by atoms with Crippen LogP contribution in [0.4, 0.5) is 24.5 Å². The molecule has 9 nitrogen and oxygen atoms in total. The van der Waals surface area contributed by atoms with E-state index >= 15 is 0 Å². The number of hydrogen-bond acceptors (Lipinski definition) is 7. The van der Waals surface area contributed by atoms with Gasteiger partial charge in [-0.15, -0.1) is 0 Å². The number of ether oxygens (including phenoxy) is 1. The van der Waals surface area contributed by atoms with Crippen LogP contribution in [-0.2, 0) is 15.7 Å². The zero-order valence-corrected chi connectivity index (χ0v) is 15.7. The van der Waals surface area contributed by atoms with E-state index in [1.54, 1.807) is 0 Å². The van der Waals surface area contributed by atoms with Gasteiger partial charge in [-0.3, -0.25) is 14.6 Å². The summed E-state index contributed by atoms with van der Waals surface area (Å²) in [5, 5.41) is 7.88. The van der Waals surface area contributed by atoms with Crippen molar-refractivity contribution in [2.24, 2.45) is 0 Å². The van der Waals surface area contributed by atoms with E-state index in [2.05, 4.69) is 10.4 Å². The van der Waals surface area contributed by atoms with E-state index in [1.807, 2.05) is 15.0 Å². The van der Waals surface area contributed by atoms with Gasteiger partial charge < -0.3 is 15.0 Å². The number of morpholine rings is 1. The first-order valence-corrected chi connectivity index (χ1v) is 9.38. The molecule has 1 saturated heterocycles. The molecule has 0 bridgehead atoms. The molecule has 3 N–H and O–H groups in total. The Balaban J connectivity index is 1.78. The third-order valence-electron chi connectivity index (χ3n) is 3.97. The van der Waals surface area contributed by atoms with Crippen molar-refractivity contribution in [3.8, 4) is 0 Å². The third kappa shape index (κ3) is 5.38.